The van der Waals surface area contributed by atoms with Crippen LogP contribution in [0.15, 0.2) is 24.3 Å². The number of hydrogen-bond donors (Lipinski definition) is 2. The summed E-state index contributed by atoms with van der Waals surface area (Å²) in [6.45, 7) is 0.291. The number of phenols is 1. The summed E-state index contributed by atoms with van der Waals surface area (Å²) in [7, 11) is -3.18. The van der Waals surface area contributed by atoms with Gasteiger partial charge in [0.15, 0.2) is 0 Å². The lowest BCUT2D eigenvalue weighted by Crippen LogP contribution is -2.32. The molecule has 17 heavy (non-hydrogen) atoms. The summed E-state index contributed by atoms with van der Waals surface area (Å²) in [6, 6.07) is 6.54. The normalized spacial score (nSPS) is 17.4. The summed E-state index contributed by atoms with van der Waals surface area (Å²) in [6.07, 6.45) is 3.55. The maximum atomic E-state index is 11.9. The minimum atomic E-state index is -3.18. The van der Waals surface area contributed by atoms with Crippen LogP contribution < -0.4 is 4.72 Å². The number of benzene rings is 1. The second-order valence-electron chi connectivity index (χ2n) is 4.44. The van der Waals surface area contributed by atoms with Gasteiger partial charge in [-0.1, -0.05) is 25.0 Å². The van der Waals surface area contributed by atoms with Crippen molar-refractivity contribution in [3.63, 3.8) is 0 Å². The third-order valence-electron chi connectivity index (χ3n) is 3.15. The zero-order valence-electron chi connectivity index (χ0n) is 9.59. The van der Waals surface area contributed by atoms with E-state index in [1.165, 1.54) is 0 Å². The summed E-state index contributed by atoms with van der Waals surface area (Å²) < 4.78 is 26.5. The number of hydrogen-bond acceptors (Lipinski definition) is 3. The Hall–Kier alpha value is -1.07. The van der Waals surface area contributed by atoms with E-state index in [0.29, 0.717) is 6.54 Å². The van der Waals surface area contributed by atoms with Crippen LogP contribution in [0.4, 0.5) is 0 Å². The molecule has 0 amide bonds. The van der Waals surface area contributed by atoms with Gasteiger partial charge in [-0.15, -0.1) is 0 Å². The fraction of sp³-hybridized carbons (Fsp3) is 0.500. The number of phenolic OH excluding ortho intramolecular Hbond substituents is 1. The minimum Gasteiger partial charge on any atom is -0.508 e. The number of nitrogens with one attached hydrogen (secondary N) is 1. The van der Waals surface area contributed by atoms with E-state index in [4.69, 9.17) is 5.11 Å². The largest absolute Gasteiger partial charge is 0.508 e. The predicted molar refractivity (Wildman–Crippen MR) is 66.1 cm³/mol. The van der Waals surface area contributed by atoms with E-state index in [9.17, 15) is 8.42 Å². The van der Waals surface area contributed by atoms with Crippen LogP contribution in [0.3, 0.4) is 0 Å². The van der Waals surface area contributed by atoms with Crippen molar-refractivity contribution in [2.45, 2.75) is 37.5 Å². The van der Waals surface area contributed by atoms with Crippen LogP contribution in [0.5, 0.6) is 5.75 Å². The SMILES string of the molecule is O=S(=O)(NCc1ccc(O)cc1)C1CCCC1. The predicted octanol–water partition coefficient (Wildman–Crippen LogP) is 1.75. The van der Waals surface area contributed by atoms with Gasteiger partial charge in [0.25, 0.3) is 0 Å². The Morgan fingerprint density at radius 2 is 1.76 bits per heavy atom. The van der Waals surface area contributed by atoms with Crippen LogP contribution >= 0.6 is 0 Å². The monoisotopic (exact) mass is 255 g/mol. The van der Waals surface area contributed by atoms with Gasteiger partial charge in [-0.2, -0.15) is 0 Å². The van der Waals surface area contributed by atoms with Gasteiger partial charge in [0.1, 0.15) is 5.75 Å². The molecule has 0 bridgehead atoms. The lowest BCUT2D eigenvalue weighted by atomic mass is 10.2. The van der Waals surface area contributed by atoms with Gasteiger partial charge in [-0.3, -0.25) is 0 Å². The summed E-state index contributed by atoms with van der Waals surface area (Å²) in [5.74, 6) is 0.187. The standard InChI is InChI=1S/C12H17NO3S/c14-11-7-5-10(6-8-11)9-13-17(15,16)12-3-1-2-4-12/h5-8,12-14H,1-4,9H2. The van der Waals surface area contributed by atoms with Crippen LogP contribution in [0.2, 0.25) is 0 Å². The third kappa shape index (κ3) is 3.20. The van der Waals surface area contributed by atoms with Crippen LogP contribution in [0, 0.1) is 0 Å². The van der Waals surface area contributed by atoms with Gasteiger partial charge >= 0.3 is 0 Å². The molecule has 0 unspecified atom stereocenters. The molecule has 4 nitrogen and oxygen atoms in total. The summed E-state index contributed by atoms with van der Waals surface area (Å²) >= 11 is 0. The lowest BCUT2D eigenvalue weighted by Gasteiger charge is -2.12. The molecule has 1 fully saturated rings. The third-order valence-corrected chi connectivity index (χ3v) is 5.05. The van der Waals surface area contributed by atoms with Gasteiger partial charge in [-0.25, -0.2) is 13.1 Å². The average molecular weight is 255 g/mol. The molecule has 94 valence electrons. The minimum absolute atomic E-state index is 0.187. The van der Waals surface area contributed by atoms with Gasteiger partial charge in [0.05, 0.1) is 5.25 Å². The van der Waals surface area contributed by atoms with Crippen molar-refractivity contribution in [2.24, 2.45) is 0 Å². The Balaban J connectivity index is 1.95. The summed E-state index contributed by atoms with van der Waals surface area (Å²) in [5.41, 5.74) is 0.851. The molecule has 2 N–H and O–H groups in total. The fourth-order valence-corrected chi connectivity index (χ4v) is 3.67. The van der Waals surface area contributed by atoms with E-state index in [1.807, 2.05) is 0 Å². The quantitative estimate of drug-likeness (QED) is 0.861. The molecule has 0 spiro atoms. The molecule has 0 saturated heterocycles. The molecular weight excluding hydrogens is 238 g/mol. The van der Waals surface area contributed by atoms with E-state index in [2.05, 4.69) is 4.72 Å². The topological polar surface area (TPSA) is 66.4 Å². The van der Waals surface area contributed by atoms with Gasteiger partial charge < -0.3 is 5.11 Å². The Kier molecular flexibility index (Phi) is 3.69. The molecule has 0 heterocycles. The van der Waals surface area contributed by atoms with Crippen molar-refractivity contribution < 1.29 is 13.5 Å². The Labute approximate surface area is 102 Å². The van der Waals surface area contributed by atoms with Crippen molar-refractivity contribution in [2.75, 3.05) is 0 Å². The molecule has 0 radical (unpaired) electrons. The molecular formula is C12H17NO3S. The van der Waals surface area contributed by atoms with Gasteiger partial charge in [-0.05, 0) is 30.5 Å². The average Bonchev–Trinajstić information content (AvgIpc) is 2.82. The van der Waals surface area contributed by atoms with Crippen LogP contribution in [-0.4, -0.2) is 18.8 Å². The maximum Gasteiger partial charge on any atom is 0.214 e. The zero-order valence-corrected chi connectivity index (χ0v) is 10.4. The van der Waals surface area contributed by atoms with Gasteiger partial charge in [0.2, 0.25) is 10.0 Å². The number of sulfonamides is 1. The second kappa shape index (κ2) is 5.06. The van der Waals surface area contributed by atoms with E-state index in [-0.39, 0.29) is 11.0 Å². The Bertz CT molecular complexity index is 461. The van der Waals surface area contributed by atoms with Crippen LogP contribution in [-0.2, 0) is 16.6 Å². The van der Waals surface area contributed by atoms with Crippen LogP contribution in [0.25, 0.3) is 0 Å². The first-order valence-electron chi connectivity index (χ1n) is 5.84. The van der Waals surface area contributed by atoms with Crippen molar-refractivity contribution in [3.05, 3.63) is 29.8 Å². The first-order chi connectivity index (χ1) is 8.08. The zero-order chi connectivity index (χ0) is 12.3. The lowest BCUT2D eigenvalue weighted by molar-refractivity contribution is 0.475. The Morgan fingerprint density at radius 3 is 2.35 bits per heavy atom. The van der Waals surface area contributed by atoms with Crippen molar-refractivity contribution in [3.8, 4) is 5.75 Å². The molecule has 1 saturated carbocycles. The van der Waals surface area contributed by atoms with Crippen molar-refractivity contribution in [1.82, 2.24) is 4.72 Å². The fourth-order valence-electron chi connectivity index (χ4n) is 2.11. The number of aromatic hydroxyl groups is 1. The highest BCUT2D eigenvalue weighted by Gasteiger charge is 2.27. The molecule has 2 rings (SSSR count). The molecule has 1 aromatic carbocycles. The molecule has 1 aliphatic carbocycles. The molecule has 0 aliphatic heterocycles. The highest BCUT2D eigenvalue weighted by atomic mass is 32.2. The van der Waals surface area contributed by atoms with Crippen molar-refractivity contribution in [1.29, 1.82) is 0 Å². The second-order valence-corrected chi connectivity index (χ2v) is 6.48. The molecule has 1 aromatic rings. The van der Waals surface area contributed by atoms with E-state index in [1.54, 1.807) is 24.3 Å². The van der Waals surface area contributed by atoms with Crippen LogP contribution in [0.1, 0.15) is 31.2 Å². The molecule has 1 aliphatic rings. The smallest absolute Gasteiger partial charge is 0.214 e. The van der Waals surface area contributed by atoms with Gasteiger partial charge in [0, 0.05) is 6.54 Å². The Morgan fingerprint density at radius 1 is 1.18 bits per heavy atom. The van der Waals surface area contributed by atoms with E-state index >= 15 is 0 Å². The molecule has 0 atom stereocenters. The van der Waals surface area contributed by atoms with Crippen molar-refractivity contribution >= 4 is 10.0 Å². The summed E-state index contributed by atoms with van der Waals surface area (Å²) in [4.78, 5) is 0. The van der Waals surface area contributed by atoms with E-state index < -0.39 is 10.0 Å². The molecule has 0 aromatic heterocycles. The highest BCUT2D eigenvalue weighted by molar-refractivity contribution is 7.90. The van der Waals surface area contributed by atoms with E-state index in [0.717, 1.165) is 31.2 Å². The highest BCUT2D eigenvalue weighted by Crippen LogP contribution is 2.24. The number of rotatable bonds is 4. The maximum absolute atomic E-state index is 11.9. The summed E-state index contributed by atoms with van der Waals surface area (Å²) in [5, 5.41) is 8.90. The first-order valence-corrected chi connectivity index (χ1v) is 7.39. The molecule has 5 heteroatoms. The first kappa shape index (κ1) is 12.4.